The minimum absolute atomic E-state index is 0.00337. The number of rotatable bonds is 6. The SMILES string of the molecule is CNCC(=O)NC(C)COc1cccc(C)c1. The molecule has 17 heavy (non-hydrogen) atoms. The second-order valence-corrected chi connectivity index (χ2v) is 4.13. The van der Waals surface area contributed by atoms with E-state index in [0.717, 1.165) is 11.3 Å². The molecule has 1 aromatic carbocycles. The Bertz CT molecular complexity index is 366. The topological polar surface area (TPSA) is 50.4 Å². The monoisotopic (exact) mass is 236 g/mol. The van der Waals surface area contributed by atoms with Crippen LogP contribution < -0.4 is 15.4 Å². The first-order chi connectivity index (χ1) is 8.11. The van der Waals surface area contributed by atoms with Crippen LogP contribution in [0.1, 0.15) is 12.5 Å². The van der Waals surface area contributed by atoms with Crippen molar-refractivity contribution in [2.75, 3.05) is 20.2 Å². The lowest BCUT2D eigenvalue weighted by molar-refractivity contribution is -0.120. The lowest BCUT2D eigenvalue weighted by Crippen LogP contribution is -2.40. The van der Waals surface area contributed by atoms with Gasteiger partial charge in [-0.3, -0.25) is 4.79 Å². The van der Waals surface area contributed by atoms with E-state index in [-0.39, 0.29) is 11.9 Å². The molecule has 0 radical (unpaired) electrons. The largest absolute Gasteiger partial charge is 0.491 e. The van der Waals surface area contributed by atoms with Crippen LogP contribution >= 0.6 is 0 Å². The van der Waals surface area contributed by atoms with Gasteiger partial charge >= 0.3 is 0 Å². The molecule has 0 saturated heterocycles. The van der Waals surface area contributed by atoms with Crippen LogP contribution in [0.5, 0.6) is 5.75 Å². The number of nitrogens with one attached hydrogen (secondary N) is 2. The average molecular weight is 236 g/mol. The van der Waals surface area contributed by atoms with Crippen LogP contribution in [0, 0.1) is 6.92 Å². The van der Waals surface area contributed by atoms with Gasteiger partial charge in [-0.15, -0.1) is 0 Å². The molecule has 0 heterocycles. The molecule has 1 atom stereocenters. The predicted octanol–water partition coefficient (Wildman–Crippen LogP) is 1.10. The Morgan fingerprint density at radius 1 is 1.47 bits per heavy atom. The van der Waals surface area contributed by atoms with Gasteiger partial charge in [0.2, 0.25) is 5.91 Å². The number of carbonyl (C=O) groups excluding carboxylic acids is 1. The van der Waals surface area contributed by atoms with Gasteiger partial charge in [-0.05, 0) is 38.6 Å². The van der Waals surface area contributed by atoms with Crippen molar-refractivity contribution < 1.29 is 9.53 Å². The van der Waals surface area contributed by atoms with Gasteiger partial charge in [0.1, 0.15) is 12.4 Å². The van der Waals surface area contributed by atoms with Crippen LogP contribution in [-0.2, 0) is 4.79 Å². The molecule has 0 spiro atoms. The molecule has 0 aromatic heterocycles. The maximum Gasteiger partial charge on any atom is 0.234 e. The number of benzene rings is 1. The molecule has 0 aliphatic heterocycles. The second-order valence-electron chi connectivity index (χ2n) is 4.13. The van der Waals surface area contributed by atoms with E-state index in [4.69, 9.17) is 4.74 Å². The zero-order chi connectivity index (χ0) is 12.7. The minimum Gasteiger partial charge on any atom is -0.491 e. The Kier molecular flexibility index (Phi) is 5.49. The molecule has 94 valence electrons. The summed E-state index contributed by atoms with van der Waals surface area (Å²) in [5, 5.41) is 5.64. The third-order valence-corrected chi connectivity index (χ3v) is 2.23. The molecular weight excluding hydrogens is 216 g/mol. The number of ether oxygens (including phenoxy) is 1. The maximum absolute atomic E-state index is 11.3. The molecular formula is C13H20N2O2. The Morgan fingerprint density at radius 2 is 2.24 bits per heavy atom. The van der Waals surface area contributed by atoms with E-state index >= 15 is 0 Å². The van der Waals surface area contributed by atoms with Gasteiger partial charge in [0.15, 0.2) is 0 Å². The van der Waals surface area contributed by atoms with E-state index in [1.165, 1.54) is 0 Å². The van der Waals surface area contributed by atoms with Crippen molar-refractivity contribution in [3.05, 3.63) is 29.8 Å². The Balaban J connectivity index is 2.33. The van der Waals surface area contributed by atoms with Crippen LogP contribution in [-0.4, -0.2) is 32.1 Å². The second kappa shape index (κ2) is 6.91. The minimum atomic E-state index is -0.0205. The van der Waals surface area contributed by atoms with Crippen LogP contribution in [0.2, 0.25) is 0 Å². The molecule has 1 rings (SSSR count). The van der Waals surface area contributed by atoms with Gasteiger partial charge in [-0.1, -0.05) is 12.1 Å². The number of likely N-dealkylation sites (N-methyl/N-ethyl adjacent to an activating group) is 1. The summed E-state index contributed by atoms with van der Waals surface area (Å²) in [4.78, 5) is 11.3. The molecule has 1 unspecified atom stereocenters. The number of carbonyl (C=O) groups is 1. The first-order valence-electron chi connectivity index (χ1n) is 5.75. The summed E-state index contributed by atoms with van der Waals surface area (Å²) < 4.78 is 5.59. The van der Waals surface area contributed by atoms with Gasteiger partial charge in [0.05, 0.1) is 12.6 Å². The van der Waals surface area contributed by atoms with E-state index < -0.39 is 0 Å². The van der Waals surface area contributed by atoms with Crippen molar-refractivity contribution in [3.63, 3.8) is 0 Å². The van der Waals surface area contributed by atoms with Crippen molar-refractivity contribution in [2.45, 2.75) is 19.9 Å². The molecule has 2 N–H and O–H groups in total. The Labute approximate surface area is 102 Å². The Hall–Kier alpha value is -1.55. The summed E-state index contributed by atoms with van der Waals surface area (Å²) in [6.07, 6.45) is 0. The lowest BCUT2D eigenvalue weighted by atomic mass is 10.2. The van der Waals surface area contributed by atoms with Crippen molar-refractivity contribution in [3.8, 4) is 5.75 Å². The van der Waals surface area contributed by atoms with Gasteiger partial charge in [-0.25, -0.2) is 0 Å². The normalized spacial score (nSPS) is 11.9. The molecule has 1 amide bonds. The van der Waals surface area contributed by atoms with E-state index in [9.17, 15) is 4.79 Å². The van der Waals surface area contributed by atoms with Gasteiger partial charge in [-0.2, -0.15) is 0 Å². The average Bonchev–Trinajstić information content (AvgIpc) is 2.27. The highest BCUT2D eigenvalue weighted by Crippen LogP contribution is 2.12. The van der Waals surface area contributed by atoms with Gasteiger partial charge < -0.3 is 15.4 Å². The Morgan fingerprint density at radius 3 is 2.88 bits per heavy atom. The van der Waals surface area contributed by atoms with E-state index in [0.29, 0.717) is 13.2 Å². The van der Waals surface area contributed by atoms with Crippen molar-refractivity contribution in [2.24, 2.45) is 0 Å². The van der Waals surface area contributed by atoms with E-state index in [1.54, 1.807) is 7.05 Å². The number of hydrogen-bond donors (Lipinski definition) is 2. The summed E-state index contributed by atoms with van der Waals surface area (Å²) in [5.74, 6) is 0.813. The lowest BCUT2D eigenvalue weighted by Gasteiger charge is -2.15. The molecule has 0 fully saturated rings. The molecule has 0 bridgehead atoms. The van der Waals surface area contributed by atoms with Gasteiger partial charge in [0, 0.05) is 0 Å². The molecule has 0 aliphatic rings. The number of hydrogen-bond acceptors (Lipinski definition) is 3. The fraction of sp³-hybridized carbons (Fsp3) is 0.462. The molecule has 0 saturated carbocycles. The zero-order valence-corrected chi connectivity index (χ0v) is 10.6. The summed E-state index contributed by atoms with van der Waals surface area (Å²) in [5.41, 5.74) is 1.16. The zero-order valence-electron chi connectivity index (χ0n) is 10.6. The molecule has 4 heteroatoms. The smallest absolute Gasteiger partial charge is 0.234 e. The fourth-order valence-electron chi connectivity index (χ4n) is 1.45. The fourth-order valence-corrected chi connectivity index (χ4v) is 1.45. The van der Waals surface area contributed by atoms with Gasteiger partial charge in [0.25, 0.3) is 0 Å². The van der Waals surface area contributed by atoms with Crippen LogP contribution in [0.15, 0.2) is 24.3 Å². The van der Waals surface area contributed by atoms with E-state index in [1.807, 2.05) is 38.1 Å². The first-order valence-corrected chi connectivity index (χ1v) is 5.75. The van der Waals surface area contributed by atoms with Crippen LogP contribution in [0.4, 0.5) is 0 Å². The molecule has 1 aromatic rings. The third kappa shape index (κ3) is 5.36. The highest BCUT2D eigenvalue weighted by molar-refractivity contribution is 5.78. The van der Waals surface area contributed by atoms with E-state index in [2.05, 4.69) is 10.6 Å². The summed E-state index contributed by atoms with van der Waals surface area (Å²) in [6.45, 7) is 4.74. The molecule has 0 aliphatic carbocycles. The van der Waals surface area contributed by atoms with Crippen molar-refractivity contribution in [1.29, 1.82) is 0 Å². The third-order valence-electron chi connectivity index (χ3n) is 2.23. The summed E-state index contributed by atoms with van der Waals surface area (Å²) in [7, 11) is 1.74. The summed E-state index contributed by atoms with van der Waals surface area (Å²) in [6, 6.07) is 7.85. The standard InChI is InChI=1S/C13H20N2O2/c1-10-5-4-6-12(7-10)17-9-11(2)15-13(16)8-14-3/h4-7,11,14H,8-9H2,1-3H3,(H,15,16). The molecule has 4 nitrogen and oxygen atoms in total. The highest BCUT2D eigenvalue weighted by atomic mass is 16.5. The van der Waals surface area contributed by atoms with Crippen molar-refractivity contribution >= 4 is 5.91 Å². The van der Waals surface area contributed by atoms with Crippen LogP contribution in [0.3, 0.4) is 0 Å². The van der Waals surface area contributed by atoms with Crippen LogP contribution in [0.25, 0.3) is 0 Å². The first kappa shape index (κ1) is 13.5. The maximum atomic E-state index is 11.3. The number of amides is 1. The predicted molar refractivity (Wildman–Crippen MR) is 68.2 cm³/mol. The number of aryl methyl sites for hydroxylation is 1. The van der Waals surface area contributed by atoms with Crippen molar-refractivity contribution in [1.82, 2.24) is 10.6 Å². The summed E-state index contributed by atoms with van der Waals surface area (Å²) >= 11 is 0. The highest BCUT2D eigenvalue weighted by Gasteiger charge is 2.06. The quantitative estimate of drug-likeness (QED) is 0.777.